The number of fused-ring (bicyclic) bond motifs is 1. The predicted octanol–water partition coefficient (Wildman–Crippen LogP) is 6.04. The van der Waals surface area contributed by atoms with Crippen LogP contribution < -0.4 is 5.32 Å². The zero-order chi connectivity index (χ0) is 28.2. The van der Waals surface area contributed by atoms with Gasteiger partial charge in [-0.15, -0.1) is 5.11 Å². The fraction of sp³-hybridized carbons (Fsp3) is 0.0714. The Balaban J connectivity index is 1.48. The molecule has 0 spiro atoms. The lowest BCUT2D eigenvalue weighted by atomic mass is 9.98. The summed E-state index contributed by atoms with van der Waals surface area (Å²) < 4.78 is 0. The molecule has 198 valence electrons. The molecule has 0 radical (unpaired) electrons. The molecule has 0 aliphatic carbocycles. The zero-order valence-corrected chi connectivity index (χ0v) is 20.7. The number of rotatable bonds is 9. The van der Waals surface area contributed by atoms with Crippen molar-refractivity contribution in [3.63, 3.8) is 0 Å². The van der Waals surface area contributed by atoms with E-state index in [1.54, 1.807) is 60.7 Å². The standard InChI is InChI=1S/C28H20N6O6/c35-27-20-10-4-5-11-21(20)28(36)32(27)17-29-23-13-7-6-12-22(23)26(18-8-2-1-3-9-18)31-30-24-15-14-19(33(37)38)16-25(24)34(39)40/h1-16,26,29H,17H2. The number of imide groups is 1. The third-order valence-electron chi connectivity index (χ3n) is 6.32. The van der Waals surface area contributed by atoms with Crippen LogP contribution in [0.2, 0.25) is 0 Å². The maximum atomic E-state index is 12.8. The molecule has 1 aliphatic rings. The van der Waals surface area contributed by atoms with E-state index in [1.165, 1.54) is 6.07 Å². The SMILES string of the molecule is O=C1c2ccccc2C(=O)N1CNc1ccccc1C(N=Nc1ccc([N+](=O)[O-])cc1[N+](=O)[O-])c1ccccc1. The highest BCUT2D eigenvalue weighted by Gasteiger charge is 2.35. The number of azo groups is 1. The van der Waals surface area contributed by atoms with E-state index in [4.69, 9.17) is 0 Å². The smallest absolute Gasteiger partial charge is 0.303 e. The van der Waals surface area contributed by atoms with Gasteiger partial charge in [0.15, 0.2) is 5.69 Å². The molecule has 5 rings (SSSR count). The first-order valence-electron chi connectivity index (χ1n) is 12.0. The van der Waals surface area contributed by atoms with Crippen LogP contribution in [0.1, 0.15) is 37.9 Å². The first-order chi connectivity index (χ1) is 19.3. The normalized spacial score (nSPS) is 13.3. The number of hydrogen-bond donors (Lipinski definition) is 1. The van der Waals surface area contributed by atoms with Crippen molar-refractivity contribution >= 4 is 34.6 Å². The molecule has 0 aromatic heterocycles. The molecule has 1 atom stereocenters. The van der Waals surface area contributed by atoms with Gasteiger partial charge in [-0.25, -0.2) is 0 Å². The number of benzene rings is 4. The molecule has 4 aromatic rings. The van der Waals surface area contributed by atoms with Crippen LogP contribution in [0.5, 0.6) is 0 Å². The second kappa shape index (κ2) is 10.9. The summed E-state index contributed by atoms with van der Waals surface area (Å²) in [6.45, 7) is -0.101. The Labute approximate surface area is 226 Å². The van der Waals surface area contributed by atoms with Gasteiger partial charge >= 0.3 is 5.69 Å². The summed E-state index contributed by atoms with van der Waals surface area (Å²) in [4.78, 5) is 48.0. The Hall–Kier alpha value is -5.78. The van der Waals surface area contributed by atoms with Gasteiger partial charge in [-0.05, 0) is 29.8 Å². The van der Waals surface area contributed by atoms with Crippen LogP contribution in [0.15, 0.2) is 107 Å². The second-order valence-electron chi connectivity index (χ2n) is 8.72. The fourth-order valence-corrected chi connectivity index (χ4v) is 4.36. The second-order valence-corrected chi connectivity index (χ2v) is 8.72. The van der Waals surface area contributed by atoms with Crippen LogP contribution >= 0.6 is 0 Å². The Bertz CT molecular complexity index is 1640. The summed E-state index contributed by atoms with van der Waals surface area (Å²) in [5.41, 5.74) is 1.43. The van der Waals surface area contributed by atoms with Crippen molar-refractivity contribution < 1.29 is 19.4 Å². The average molecular weight is 537 g/mol. The van der Waals surface area contributed by atoms with Gasteiger partial charge in [-0.2, -0.15) is 5.11 Å². The van der Waals surface area contributed by atoms with Crippen LogP contribution in [0, 0.1) is 20.2 Å². The third-order valence-corrected chi connectivity index (χ3v) is 6.32. The topological polar surface area (TPSA) is 160 Å². The molecule has 4 aromatic carbocycles. The van der Waals surface area contributed by atoms with Crippen LogP contribution in [0.25, 0.3) is 0 Å². The van der Waals surface area contributed by atoms with Crippen LogP contribution in [0.4, 0.5) is 22.7 Å². The van der Waals surface area contributed by atoms with Gasteiger partial charge in [0, 0.05) is 17.3 Å². The number of nitrogens with one attached hydrogen (secondary N) is 1. The lowest BCUT2D eigenvalue weighted by Gasteiger charge is -2.20. The monoisotopic (exact) mass is 536 g/mol. The van der Waals surface area contributed by atoms with E-state index in [-0.39, 0.29) is 12.4 Å². The van der Waals surface area contributed by atoms with E-state index in [2.05, 4.69) is 15.5 Å². The molecule has 12 heteroatoms. The van der Waals surface area contributed by atoms with Crippen LogP contribution in [-0.4, -0.2) is 33.2 Å². The zero-order valence-electron chi connectivity index (χ0n) is 20.7. The summed E-state index contributed by atoms with van der Waals surface area (Å²) in [6.07, 6.45) is 0. The van der Waals surface area contributed by atoms with E-state index in [1.807, 2.05) is 18.2 Å². The number of amides is 2. The highest BCUT2D eigenvalue weighted by atomic mass is 16.6. The Morgan fingerprint density at radius 3 is 2.05 bits per heavy atom. The van der Waals surface area contributed by atoms with Crippen molar-refractivity contribution in [1.82, 2.24) is 4.90 Å². The summed E-state index contributed by atoms with van der Waals surface area (Å²) in [6, 6.07) is 25.1. The van der Waals surface area contributed by atoms with E-state index < -0.39 is 39.1 Å². The molecular formula is C28H20N6O6. The molecule has 0 saturated carbocycles. The maximum Gasteiger partial charge on any atom is 0.303 e. The minimum absolute atomic E-state index is 0.101. The number of carbonyl (C=O) groups is 2. The lowest BCUT2D eigenvalue weighted by Crippen LogP contribution is -2.34. The van der Waals surface area contributed by atoms with E-state index >= 15 is 0 Å². The largest absolute Gasteiger partial charge is 0.367 e. The van der Waals surface area contributed by atoms with Crippen molar-refractivity contribution in [2.24, 2.45) is 10.2 Å². The molecule has 40 heavy (non-hydrogen) atoms. The Morgan fingerprint density at radius 2 is 1.40 bits per heavy atom. The lowest BCUT2D eigenvalue weighted by molar-refractivity contribution is -0.393. The van der Waals surface area contributed by atoms with Gasteiger partial charge in [-0.3, -0.25) is 34.7 Å². The van der Waals surface area contributed by atoms with Gasteiger partial charge in [0.2, 0.25) is 0 Å². The number of nitrogens with zero attached hydrogens (tertiary/aromatic N) is 5. The molecule has 1 N–H and O–H groups in total. The van der Waals surface area contributed by atoms with Gasteiger partial charge in [0.05, 0.1) is 33.7 Å². The minimum atomic E-state index is -0.754. The summed E-state index contributed by atoms with van der Waals surface area (Å²) in [5, 5.41) is 34.4. The highest BCUT2D eigenvalue weighted by molar-refractivity contribution is 6.21. The molecule has 1 unspecified atom stereocenters. The summed E-state index contributed by atoms with van der Waals surface area (Å²) in [7, 11) is 0. The van der Waals surface area contributed by atoms with Crippen LogP contribution in [0.3, 0.4) is 0 Å². The first kappa shape index (κ1) is 25.9. The van der Waals surface area contributed by atoms with Crippen molar-refractivity contribution in [2.45, 2.75) is 6.04 Å². The van der Waals surface area contributed by atoms with Crippen molar-refractivity contribution in [2.75, 3.05) is 12.0 Å². The van der Waals surface area contributed by atoms with Gasteiger partial charge < -0.3 is 5.32 Å². The first-order valence-corrected chi connectivity index (χ1v) is 12.0. The summed E-state index contributed by atoms with van der Waals surface area (Å²) >= 11 is 0. The number of anilines is 1. The fourth-order valence-electron chi connectivity index (χ4n) is 4.36. The number of para-hydroxylation sites is 1. The highest BCUT2D eigenvalue weighted by Crippen LogP contribution is 2.36. The van der Waals surface area contributed by atoms with E-state index in [9.17, 15) is 29.8 Å². The molecule has 0 saturated heterocycles. The predicted molar refractivity (Wildman–Crippen MR) is 144 cm³/mol. The van der Waals surface area contributed by atoms with Crippen molar-refractivity contribution in [3.05, 3.63) is 140 Å². The third kappa shape index (κ3) is 5.00. The van der Waals surface area contributed by atoms with Crippen molar-refractivity contribution in [3.8, 4) is 0 Å². The van der Waals surface area contributed by atoms with Gasteiger partial charge in [-0.1, -0.05) is 60.7 Å². The molecule has 0 bridgehead atoms. The van der Waals surface area contributed by atoms with Crippen molar-refractivity contribution in [1.29, 1.82) is 0 Å². The average Bonchev–Trinajstić information content (AvgIpc) is 3.22. The maximum absolute atomic E-state index is 12.8. The van der Waals surface area contributed by atoms with Gasteiger partial charge in [0.25, 0.3) is 17.5 Å². The number of hydrogen-bond acceptors (Lipinski definition) is 9. The quantitative estimate of drug-likeness (QED) is 0.118. The summed E-state index contributed by atoms with van der Waals surface area (Å²) in [5.74, 6) is -0.814. The number of non-ortho nitro benzene ring substituents is 1. The number of nitro groups is 2. The Kier molecular flexibility index (Phi) is 7.05. The Morgan fingerprint density at radius 1 is 0.775 bits per heavy atom. The van der Waals surface area contributed by atoms with Crippen LogP contribution in [-0.2, 0) is 0 Å². The molecule has 1 aliphatic heterocycles. The molecular weight excluding hydrogens is 516 g/mol. The molecule has 2 amide bonds. The van der Waals surface area contributed by atoms with E-state index in [0.29, 0.717) is 27.9 Å². The molecule has 0 fully saturated rings. The number of nitro benzene ring substituents is 2. The minimum Gasteiger partial charge on any atom is -0.367 e. The van der Waals surface area contributed by atoms with Gasteiger partial charge in [0.1, 0.15) is 6.04 Å². The molecule has 1 heterocycles. The number of carbonyl (C=O) groups excluding carboxylic acids is 2. The molecule has 12 nitrogen and oxygen atoms in total. The van der Waals surface area contributed by atoms with E-state index in [0.717, 1.165) is 17.0 Å².